The van der Waals surface area contributed by atoms with Crippen molar-refractivity contribution in [2.75, 3.05) is 20.2 Å². The third-order valence-corrected chi connectivity index (χ3v) is 9.88. The Morgan fingerprint density at radius 1 is 1.14 bits per heavy atom. The Hall–Kier alpha value is -3.34. The minimum atomic E-state index is -0.559. The highest BCUT2D eigenvalue weighted by atomic mass is 16.5. The van der Waals surface area contributed by atoms with Gasteiger partial charge in [-0.2, -0.15) is 5.21 Å². The number of benzene rings is 1. The number of ether oxygens (including phenoxy) is 1. The first kappa shape index (κ1) is 32.1. The molecule has 5 rings (SSSR count). The van der Waals surface area contributed by atoms with Crippen molar-refractivity contribution in [2.24, 2.45) is 22.2 Å². The third kappa shape index (κ3) is 6.98. The first-order valence-corrected chi connectivity index (χ1v) is 16.3. The topological polar surface area (TPSA) is 129 Å². The molecule has 2 atom stereocenters. The number of amidine groups is 1. The summed E-state index contributed by atoms with van der Waals surface area (Å²) in [6.07, 6.45) is 7.72. The molecule has 1 aromatic heterocycles. The number of methoxy groups -OCH3 is 1. The van der Waals surface area contributed by atoms with Crippen molar-refractivity contribution in [3.63, 3.8) is 0 Å². The predicted octanol–water partition coefficient (Wildman–Crippen LogP) is 4.89. The molecule has 1 saturated heterocycles. The van der Waals surface area contributed by atoms with E-state index in [1.54, 1.807) is 7.11 Å². The van der Waals surface area contributed by atoms with E-state index in [0.717, 1.165) is 63.5 Å². The molecule has 2 aromatic rings. The average molecular weight is 607 g/mol. The van der Waals surface area contributed by atoms with Gasteiger partial charge in [0, 0.05) is 25.8 Å². The number of amides is 2. The summed E-state index contributed by atoms with van der Waals surface area (Å²) >= 11 is 0. The summed E-state index contributed by atoms with van der Waals surface area (Å²) in [6.45, 7) is 13.1. The molecule has 1 aliphatic carbocycles. The van der Waals surface area contributed by atoms with Gasteiger partial charge in [-0.1, -0.05) is 52.0 Å². The molecule has 2 N–H and O–H groups in total. The number of hydrogen-bond acceptors (Lipinski definition) is 8. The standard InChI is InChI=1S/C33H50N8O3/c1-22(2)9-14-27(23-10-12-24(13-11-23)30(42)34-20-28-36-38-39-37-28)41-31(43)29(40-19-7-8-26(21-40)44-6)35-33(41)17-15-25(16-18-33)32(3,4)5/h10-13,22,25-27H,7-9,14-21H2,1-6H3,(H,34,42)(H,36,37,38,39)/t25?,26?,27-,33?/m1/s1. The maximum absolute atomic E-state index is 14.6. The molecule has 11 nitrogen and oxygen atoms in total. The zero-order chi connectivity index (χ0) is 31.5. The number of nitrogens with zero attached hydrogens (tertiary/aromatic N) is 6. The lowest BCUT2D eigenvalue weighted by Crippen LogP contribution is -2.53. The van der Waals surface area contributed by atoms with Crippen LogP contribution in [0.25, 0.3) is 0 Å². The minimum Gasteiger partial charge on any atom is -0.380 e. The van der Waals surface area contributed by atoms with E-state index in [9.17, 15) is 9.59 Å². The smallest absolute Gasteiger partial charge is 0.291 e. The molecule has 2 aliphatic heterocycles. The van der Waals surface area contributed by atoms with Gasteiger partial charge in [-0.25, -0.2) is 4.99 Å². The summed E-state index contributed by atoms with van der Waals surface area (Å²) in [7, 11) is 1.76. The summed E-state index contributed by atoms with van der Waals surface area (Å²) in [5, 5.41) is 16.6. The highest BCUT2D eigenvalue weighted by Gasteiger charge is 2.53. The van der Waals surface area contributed by atoms with Crippen LogP contribution in [0, 0.1) is 17.3 Å². The van der Waals surface area contributed by atoms with Crippen LogP contribution in [0.4, 0.5) is 0 Å². The van der Waals surface area contributed by atoms with E-state index in [4.69, 9.17) is 9.73 Å². The van der Waals surface area contributed by atoms with Crippen molar-refractivity contribution in [3.8, 4) is 0 Å². The second-order valence-corrected chi connectivity index (χ2v) is 14.3. The van der Waals surface area contributed by atoms with Crippen molar-refractivity contribution in [1.29, 1.82) is 0 Å². The lowest BCUT2D eigenvalue weighted by atomic mass is 9.69. The summed E-state index contributed by atoms with van der Waals surface area (Å²) in [6, 6.07) is 7.58. The van der Waals surface area contributed by atoms with Gasteiger partial charge in [-0.15, -0.1) is 10.2 Å². The summed E-state index contributed by atoms with van der Waals surface area (Å²) in [5.41, 5.74) is 1.24. The first-order chi connectivity index (χ1) is 21.0. The molecule has 1 spiro atoms. The van der Waals surface area contributed by atoms with E-state index >= 15 is 0 Å². The molecule has 0 bridgehead atoms. The fourth-order valence-corrected chi connectivity index (χ4v) is 7.17. The Labute approximate surface area is 261 Å². The molecular formula is C33H50N8O3. The Kier molecular flexibility index (Phi) is 9.72. The lowest BCUT2D eigenvalue weighted by molar-refractivity contribution is -0.134. The highest BCUT2D eigenvalue weighted by Crippen LogP contribution is 2.50. The number of carbonyl (C=O) groups is 2. The van der Waals surface area contributed by atoms with Gasteiger partial charge in [0.2, 0.25) is 0 Å². The zero-order valence-corrected chi connectivity index (χ0v) is 27.3. The fraction of sp³-hybridized carbons (Fsp3) is 0.697. The molecular weight excluding hydrogens is 556 g/mol. The number of aromatic amines is 1. The molecule has 3 aliphatic rings. The number of aromatic nitrogens is 4. The van der Waals surface area contributed by atoms with E-state index in [0.29, 0.717) is 35.6 Å². The van der Waals surface area contributed by atoms with Gasteiger partial charge < -0.3 is 19.9 Å². The van der Waals surface area contributed by atoms with Crippen LogP contribution < -0.4 is 5.32 Å². The highest BCUT2D eigenvalue weighted by molar-refractivity contribution is 6.39. The number of likely N-dealkylation sites (tertiary alicyclic amines) is 1. The number of H-pyrrole nitrogens is 1. The van der Waals surface area contributed by atoms with Crippen molar-refractivity contribution in [1.82, 2.24) is 35.7 Å². The van der Waals surface area contributed by atoms with Crippen LogP contribution in [0.15, 0.2) is 29.3 Å². The van der Waals surface area contributed by atoms with Gasteiger partial charge in [0.15, 0.2) is 11.7 Å². The zero-order valence-electron chi connectivity index (χ0n) is 27.3. The molecule has 1 saturated carbocycles. The van der Waals surface area contributed by atoms with Gasteiger partial charge in [-0.05, 0) is 86.3 Å². The molecule has 3 heterocycles. The Bertz CT molecular complexity index is 1290. The van der Waals surface area contributed by atoms with E-state index in [1.807, 2.05) is 24.3 Å². The van der Waals surface area contributed by atoms with Crippen molar-refractivity contribution < 1.29 is 14.3 Å². The van der Waals surface area contributed by atoms with Gasteiger partial charge in [0.1, 0.15) is 5.66 Å². The fourth-order valence-electron chi connectivity index (χ4n) is 7.17. The quantitative estimate of drug-likeness (QED) is 0.416. The van der Waals surface area contributed by atoms with Crippen LogP contribution in [-0.2, 0) is 16.1 Å². The van der Waals surface area contributed by atoms with Gasteiger partial charge in [0.05, 0.1) is 18.7 Å². The van der Waals surface area contributed by atoms with E-state index in [2.05, 4.69) is 70.4 Å². The van der Waals surface area contributed by atoms with Crippen LogP contribution in [0.3, 0.4) is 0 Å². The second kappa shape index (κ2) is 13.3. The SMILES string of the molecule is COC1CCCN(C2=NC3(CCC(C(C)(C)C)CC3)N([C@H](CCC(C)C)c3ccc(C(=O)NCc4nn[nH]n4)cc3)C2=O)C1. The predicted molar refractivity (Wildman–Crippen MR) is 169 cm³/mol. The summed E-state index contributed by atoms with van der Waals surface area (Å²) in [5.74, 6) is 1.93. The van der Waals surface area contributed by atoms with Crippen LogP contribution in [-0.4, -0.2) is 80.0 Å². The van der Waals surface area contributed by atoms with Crippen LogP contribution in [0.1, 0.15) is 114 Å². The molecule has 240 valence electrons. The maximum Gasteiger partial charge on any atom is 0.291 e. The van der Waals surface area contributed by atoms with Crippen LogP contribution in [0.5, 0.6) is 0 Å². The lowest BCUT2D eigenvalue weighted by Gasteiger charge is -2.47. The number of aliphatic imine (C=N–C) groups is 1. The summed E-state index contributed by atoms with van der Waals surface area (Å²) < 4.78 is 5.72. The number of piperidine rings is 1. The molecule has 11 heteroatoms. The monoisotopic (exact) mass is 606 g/mol. The molecule has 0 radical (unpaired) electrons. The molecule has 44 heavy (non-hydrogen) atoms. The Morgan fingerprint density at radius 2 is 1.86 bits per heavy atom. The molecule has 1 aromatic carbocycles. The molecule has 2 fully saturated rings. The van der Waals surface area contributed by atoms with E-state index in [-0.39, 0.29) is 35.9 Å². The largest absolute Gasteiger partial charge is 0.380 e. The average Bonchev–Trinajstić information content (AvgIpc) is 3.63. The molecule has 1 unspecified atom stereocenters. The van der Waals surface area contributed by atoms with E-state index in [1.165, 1.54) is 0 Å². The van der Waals surface area contributed by atoms with Gasteiger partial charge in [0.25, 0.3) is 11.8 Å². The van der Waals surface area contributed by atoms with Crippen molar-refractivity contribution >= 4 is 17.6 Å². The van der Waals surface area contributed by atoms with Crippen LogP contribution >= 0.6 is 0 Å². The number of carbonyl (C=O) groups excluding carboxylic acids is 2. The van der Waals surface area contributed by atoms with Crippen molar-refractivity contribution in [2.45, 2.75) is 110 Å². The number of tetrazole rings is 1. The second-order valence-electron chi connectivity index (χ2n) is 14.3. The number of nitrogens with one attached hydrogen (secondary N) is 2. The van der Waals surface area contributed by atoms with Gasteiger partial charge in [-0.3, -0.25) is 9.59 Å². The minimum absolute atomic E-state index is 0.0339. The normalized spacial score (nSPS) is 25.1. The number of hydrogen-bond donors (Lipinski definition) is 2. The number of rotatable bonds is 9. The van der Waals surface area contributed by atoms with Crippen LogP contribution in [0.2, 0.25) is 0 Å². The Balaban J connectivity index is 1.45. The third-order valence-electron chi connectivity index (χ3n) is 9.88. The Morgan fingerprint density at radius 3 is 2.48 bits per heavy atom. The van der Waals surface area contributed by atoms with E-state index < -0.39 is 5.66 Å². The van der Waals surface area contributed by atoms with Gasteiger partial charge >= 0.3 is 0 Å². The first-order valence-electron chi connectivity index (χ1n) is 16.3. The summed E-state index contributed by atoms with van der Waals surface area (Å²) in [4.78, 5) is 37.2. The van der Waals surface area contributed by atoms with Crippen molar-refractivity contribution in [3.05, 3.63) is 41.2 Å². The maximum atomic E-state index is 14.6. The molecule has 2 amide bonds.